The second-order valence-electron chi connectivity index (χ2n) is 9.07. The first kappa shape index (κ1) is 25.9. The zero-order valence-corrected chi connectivity index (χ0v) is 21.3. The lowest BCUT2D eigenvalue weighted by molar-refractivity contribution is -0.133. The van der Waals surface area contributed by atoms with Gasteiger partial charge in [-0.25, -0.2) is 9.18 Å². The van der Waals surface area contributed by atoms with Gasteiger partial charge in [0.2, 0.25) is 5.91 Å². The Hall–Kier alpha value is -3.23. The number of benzene rings is 2. The lowest BCUT2D eigenvalue weighted by Crippen LogP contribution is -2.48. The van der Waals surface area contributed by atoms with Crippen molar-refractivity contribution in [3.05, 3.63) is 93.9 Å². The molecule has 1 aliphatic rings. The van der Waals surface area contributed by atoms with Crippen molar-refractivity contribution in [3.63, 3.8) is 0 Å². The summed E-state index contributed by atoms with van der Waals surface area (Å²) in [4.78, 5) is 33.5. The fraction of sp³-hybridized carbons (Fsp3) is 0.357. The Morgan fingerprint density at radius 2 is 1.64 bits per heavy atom. The minimum atomic E-state index is -0.307. The van der Waals surface area contributed by atoms with Gasteiger partial charge in [0.05, 0.1) is 6.54 Å². The Kier molecular flexibility index (Phi) is 9.47. The number of halogens is 1. The van der Waals surface area contributed by atoms with Crippen LogP contribution in [-0.2, 0) is 24.4 Å². The minimum absolute atomic E-state index is 0.0129. The molecule has 8 heteroatoms. The van der Waals surface area contributed by atoms with E-state index in [-0.39, 0.29) is 24.3 Å². The molecule has 1 fully saturated rings. The van der Waals surface area contributed by atoms with Gasteiger partial charge in [0, 0.05) is 31.1 Å². The third kappa shape index (κ3) is 7.90. The Labute approximate surface area is 216 Å². The van der Waals surface area contributed by atoms with Crippen molar-refractivity contribution in [2.75, 3.05) is 32.7 Å². The van der Waals surface area contributed by atoms with E-state index in [9.17, 15) is 14.0 Å². The van der Waals surface area contributed by atoms with E-state index in [4.69, 9.17) is 0 Å². The molecule has 3 amide bonds. The van der Waals surface area contributed by atoms with E-state index in [2.05, 4.69) is 10.2 Å². The first-order valence-electron chi connectivity index (χ1n) is 12.4. The molecule has 0 spiro atoms. The minimum Gasteiger partial charge on any atom is -0.334 e. The molecule has 2 aromatic carbocycles. The molecule has 0 radical (unpaired) electrons. The molecule has 2 heterocycles. The SMILES string of the molecule is O=C(CN(CCN1CCCC1)C(=O)NCc1ccccc1)N(Cc1ccc(F)cc1)Cc1cccs1. The van der Waals surface area contributed by atoms with Crippen molar-refractivity contribution in [1.29, 1.82) is 0 Å². The lowest BCUT2D eigenvalue weighted by Gasteiger charge is -2.29. The highest BCUT2D eigenvalue weighted by molar-refractivity contribution is 7.09. The molecule has 0 atom stereocenters. The van der Waals surface area contributed by atoms with Crippen LogP contribution in [0, 0.1) is 5.82 Å². The summed E-state index contributed by atoms with van der Waals surface area (Å²) in [5, 5.41) is 4.96. The maximum Gasteiger partial charge on any atom is 0.318 e. The second-order valence-corrected chi connectivity index (χ2v) is 10.1. The molecule has 6 nitrogen and oxygen atoms in total. The summed E-state index contributed by atoms with van der Waals surface area (Å²) in [6.07, 6.45) is 2.34. The zero-order chi connectivity index (χ0) is 25.2. The fourth-order valence-electron chi connectivity index (χ4n) is 4.30. The van der Waals surface area contributed by atoms with E-state index in [1.54, 1.807) is 33.3 Å². The highest BCUT2D eigenvalue weighted by atomic mass is 32.1. The smallest absolute Gasteiger partial charge is 0.318 e. The van der Waals surface area contributed by atoms with Crippen molar-refractivity contribution in [3.8, 4) is 0 Å². The van der Waals surface area contributed by atoms with Crippen LogP contribution in [0.2, 0.25) is 0 Å². The second kappa shape index (κ2) is 13.2. The van der Waals surface area contributed by atoms with Crippen LogP contribution in [-0.4, -0.2) is 59.4 Å². The number of urea groups is 1. The number of amides is 3. The van der Waals surface area contributed by atoms with Gasteiger partial charge < -0.3 is 20.0 Å². The molecule has 36 heavy (non-hydrogen) atoms. The van der Waals surface area contributed by atoms with Gasteiger partial charge in [-0.3, -0.25) is 4.79 Å². The number of hydrogen-bond donors (Lipinski definition) is 1. The largest absolute Gasteiger partial charge is 0.334 e. The number of nitrogens with zero attached hydrogens (tertiary/aromatic N) is 3. The molecule has 0 aliphatic carbocycles. The summed E-state index contributed by atoms with van der Waals surface area (Å²) in [6, 6.07) is 19.7. The van der Waals surface area contributed by atoms with Crippen LogP contribution in [0.4, 0.5) is 9.18 Å². The molecule has 1 saturated heterocycles. The van der Waals surface area contributed by atoms with Crippen molar-refractivity contribution >= 4 is 23.3 Å². The first-order chi connectivity index (χ1) is 17.6. The molecule has 3 aromatic rings. The van der Waals surface area contributed by atoms with Gasteiger partial charge in [-0.2, -0.15) is 0 Å². The van der Waals surface area contributed by atoms with E-state index < -0.39 is 0 Å². The summed E-state index contributed by atoms with van der Waals surface area (Å²) in [5.41, 5.74) is 1.85. The molecule has 0 saturated carbocycles. The first-order valence-corrected chi connectivity index (χ1v) is 13.3. The zero-order valence-electron chi connectivity index (χ0n) is 20.4. The summed E-state index contributed by atoms with van der Waals surface area (Å²) >= 11 is 1.59. The Bertz CT molecular complexity index is 1090. The number of rotatable bonds is 11. The third-order valence-corrected chi connectivity index (χ3v) is 7.21. The van der Waals surface area contributed by atoms with Crippen LogP contribution in [0.5, 0.6) is 0 Å². The van der Waals surface area contributed by atoms with Crippen molar-refractivity contribution < 1.29 is 14.0 Å². The number of carbonyl (C=O) groups excluding carboxylic acids is 2. The van der Waals surface area contributed by atoms with Crippen LogP contribution in [0.3, 0.4) is 0 Å². The third-order valence-electron chi connectivity index (χ3n) is 6.35. The van der Waals surface area contributed by atoms with Crippen molar-refractivity contribution in [2.24, 2.45) is 0 Å². The predicted octanol–water partition coefficient (Wildman–Crippen LogP) is 4.72. The van der Waals surface area contributed by atoms with E-state index in [1.807, 2.05) is 47.8 Å². The van der Waals surface area contributed by atoms with Gasteiger partial charge in [-0.05, 0) is 60.6 Å². The van der Waals surface area contributed by atoms with E-state index in [0.717, 1.165) is 35.6 Å². The Balaban J connectivity index is 1.45. The van der Waals surface area contributed by atoms with Gasteiger partial charge in [-0.15, -0.1) is 11.3 Å². The van der Waals surface area contributed by atoms with E-state index in [1.165, 1.54) is 25.0 Å². The molecule has 0 unspecified atom stereocenters. The number of likely N-dealkylation sites (tertiary alicyclic amines) is 1. The fourth-order valence-corrected chi connectivity index (χ4v) is 5.02. The number of nitrogens with one attached hydrogen (secondary N) is 1. The van der Waals surface area contributed by atoms with Crippen LogP contribution in [0.1, 0.15) is 28.8 Å². The van der Waals surface area contributed by atoms with Crippen molar-refractivity contribution in [1.82, 2.24) is 20.0 Å². The van der Waals surface area contributed by atoms with Crippen LogP contribution in [0.25, 0.3) is 0 Å². The van der Waals surface area contributed by atoms with Crippen LogP contribution >= 0.6 is 11.3 Å². The van der Waals surface area contributed by atoms with Gasteiger partial charge in [0.1, 0.15) is 12.4 Å². The number of carbonyl (C=O) groups is 2. The maximum atomic E-state index is 13.5. The number of hydrogen-bond acceptors (Lipinski definition) is 4. The standard InChI is InChI=1S/C28H33FN4O2S/c29-25-12-10-24(11-13-25)20-33(21-26-9-6-18-36-26)27(34)22-32(17-16-31-14-4-5-15-31)28(35)30-19-23-7-2-1-3-8-23/h1-3,6-13,18H,4-5,14-17,19-22H2,(H,30,35). The van der Waals surface area contributed by atoms with Gasteiger partial charge in [-0.1, -0.05) is 48.5 Å². The molecular formula is C28H33FN4O2S. The summed E-state index contributed by atoms with van der Waals surface area (Å²) in [5.74, 6) is -0.443. The molecule has 1 aromatic heterocycles. The highest BCUT2D eigenvalue weighted by Gasteiger charge is 2.23. The Morgan fingerprint density at radius 3 is 2.33 bits per heavy atom. The molecular weight excluding hydrogens is 475 g/mol. The van der Waals surface area contributed by atoms with Gasteiger partial charge in [0.15, 0.2) is 0 Å². The quantitative estimate of drug-likeness (QED) is 0.408. The average molecular weight is 509 g/mol. The predicted molar refractivity (Wildman–Crippen MR) is 141 cm³/mol. The molecule has 0 bridgehead atoms. The summed E-state index contributed by atoms with van der Waals surface area (Å²) in [7, 11) is 0. The topological polar surface area (TPSA) is 55.9 Å². The molecule has 1 aliphatic heterocycles. The highest BCUT2D eigenvalue weighted by Crippen LogP contribution is 2.16. The van der Waals surface area contributed by atoms with E-state index in [0.29, 0.717) is 26.2 Å². The maximum absolute atomic E-state index is 13.5. The summed E-state index contributed by atoms with van der Waals surface area (Å²) in [6.45, 7) is 4.47. The Morgan fingerprint density at radius 1 is 0.889 bits per heavy atom. The van der Waals surface area contributed by atoms with Crippen molar-refractivity contribution in [2.45, 2.75) is 32.5 Å². The number of thiophene rings is 1. The average Bonchev–Trinajstić information content (AvgIpc) is 3.61. The molecule has 190 valence electrons. The monoisotopic (exact) mass is 508 g/mol. The van der Waals surface area contributed by atoms with Crippen LogP contribution in [0.15, 0.2) is 72.1 Å². The van der Waals surface area contributed by atoms with Gasteiger partial charge >= 0.3 is 6.03 Å². The normalized spacial score (nSPS) is 13.5. The van der Waals surface area contributed by atoms with Gasteiger partial charge in [0.25, 0.3) is 0 Å². The van der Waals surface area contributed by atoms with Crippen LogP contribution < -0.4 is 5.32 Å². The van der Waals surface area contributed by atoms with E-state index >= 15 is 0 Å². The summed E-state index contributed by atoms with van der Waals surface area (Å²) < 4.78 is 13.4. The molecule has 1 N–H and O–H groups in total. The molecule has 4 rings (SSSR count). The lowest BCUT2D eigenvalue weighted by atomic mass is 10.2.